The first-order chi connectivity index (χ1) is 9.69. The van der Waals surface area contributed by atoms with Crippen molar-refractivity contribution in [3.63, 3.8) is 0 Å². The van der Waals surface area contributed by atoms with E-state index in [0.29, 0.717) is 0 Å². The molecule has 0 spiro atoms. The molecule has 0 aliphatic rings. The molecule has 0 saturated heterocycles. The van der Waals surface area contributed by atoms with Gasteiger partial charge in [0.15, 0.2) is 0 Å². The maximum Gasteiger partial charge on any atom is 0.130 e. The molecule has 0 atom stereocenters. The number of nitrogens with one attached hydrogen (secondary N) is 1. The van der Waals surface area contributed by atoms with Gasteiger partial charge in [0.05, 0.1) is 14.2 Å². The molecule has 2 rings (SSSR count). The minimum Gasteiger partial charge on any atom is -0.497 e. The van der Waals surface area contributed by atoms with Gasteiger partial charge in [-0.3, -0.25) is 0 Å². The van der Waals surface area contributed by atoms with Crippen molar-refractivity contribution in [3.8, 4) is 22.6 Å². The first-order valence-corrected chi connectivity index (χ1v) is 6.66. The Morgan fingerprint density at radius 1 is 0.950 bits per heavy atom. The molecular formula is C17H21NO2. The summed E-state index contributed by atoms with van der Waals surface area (Å²) in [6.45, 7) is 3.00. The van der Waals surface area contributed by atoms with Crippen LogP contribution in [-0.2, 0) is 6.54 Å². The Hall–Kier alpha value is -2.00. The first kappa shape index (κ1) is 14.4. The highest BCUT2D eigenvalue weighted by molar-refractivity contribution is 5.74. The molecule has 3 heteroatoms. The van der Waals surface area contributed by atoms with Gasteiger partial charge in [-0.05, 0) is 42.8 Å². The predicted octanol–water partition coefficient (Wildman–Crippen LogP) is 3.40. The smallest absolute Gasteiger partial charge is 0.130 e. The van der Waals surface area contributed by atoms with E-state index in [4.69, 9.17) is 9.47 Å². The molecule has 0 radical (unpaired) electrons. The molecule has 0 aliphatic carbocycles. The summed E-state index contributed by atoms with van der Waals surface area (Å²) in [7, 11) is 5.30. The SMILES string of the molecule is CNCc1ccc(-c2ccc(OC)cc2OC)c(C)c1. The van der Waals surface area contributed by atoms with E-state index in [9.17, 15) is 0 Å². The lowest BCUT2D eigenvalue weighted by Crippen LogP contribution is -2.05. The Bertz CT molecular complexity index is 594. The number of ether oxygens (including phenoxy) is 2. The maximum absolute atomic E-state index is 5.48. The van der Waals surface area contributed by atoms with E-state index in [1.165, 1.54) is 16.7 Å². The Morgan fingerprint density at radius 3 is 2.30 bits per heavy atom. The molecule has 1 N–H and O–H groups in total. The first-order valence-electron chi connectivity index (χ1n) is 6.66. The third kappa shape index (κ3) is 2.94. The van der Waals surface area contributed by atoms with Crippen molar-refractivity contribution in [2.24, 2.45) is 0 Å². The minimum absolute atomic E-state index is 0.801. The van der Waals surface area contributed by atoms with Gasteiger partial charge in [0, 0.05) is 18.2 Å². The molecule has 20 heavy (non-hydrogen) atoms. The largest absolute Gasteiger partial charge is 0.497 e. The van der Waals surface area contributed by atoms with E-state index in [-0.39, 0.29) is 0 Å². The fourth-order valence-electron chi connectivity index (χ4n) is 2.36. The second-order valence-corrected chi connectivity index (χ2v) is 4.75. The van der Waals surface area contributed by atoms with Crippen LogP contribution in [0.3, 0.4) is 0 Å². The van der Waals surface area contributed by atoms with Gasteiger partial charge in [-0.25, -0.2) is 0 Å². The summed E-state index contributed by atoms with van der Waals surface area (Å²) in [6.07, 6.45) is 0. The molecule has 106 valence electrons. The maximum atomic E-state index is 5.48. The van der Waals surface area contributed by atoms with Crippen LogP contribution in [-0.4, -0.2) is 21.3 Å². The summed E-state index contributed by atoms with van der Waals surface area (Å²) in [4.78, 5) is 0. The molecule has 0 fully saturated rings. The third-order valence-corrected chi connectivity index (χ3v) is 3.37. The molecule has 2 aromatic carbocycles. The van der Waals surface area contributed by atoms with Crippen molar-refractivity contribution in [2.45, 2.75) is 13.5 Å². The second-order valence-electron chi connectivity index (χ2n) is 4.75. The molecule has 0 heterocycles. The van der Waals surface area contributed by atoms with Crippen LogP contribution in [0.15, 0.2) is 36.4 Å². The quantitative estimate of drug-likeness (QED) is 0.904. The lowest BCUT2D eigenvalue weighted by molar-refractivity contribution is 0.395. The molecule has 3 nitrogen and oxygen atoms in total. The van der Waals surface area contributed by atoms with Crippen molar-refractivity contribution < 1.29 is 9.47 Å². The Balaban J connectivity index is 2.45. The second kappa shape index (κ2) is 6.44. The zero-order chi connectivity index (χ0) is 14.5. The average molecular weight is 271 g/mol. The van der Waals surface area contributed by atoms with Crippen molar-refractivity contribution in [1.29, 1.82) is 0 Å². The summed E-state index contributed by atoms with van der Waals surface area (Å²) in [5.74, 6) is 1.63. The van der Waals surface area contributed by atoms with E-state index in [2.05, 4.69) is 30.4 Å². The highest BCUT2D eigenvalue weighted by Gasteiger charge is 2.10. The summed E-state index contributed by atoms with van der Waals surface area (Å²) in [6, 6.07) is 12.4. The average Bonchev–Trinajstić information content (AvgIpc) is 2.47. The van der Waals surface area contributed by atoms with Crippen LogP contribution in [0.2, 0.25) is 0 Å². The zero-order valence-electron chi connectivity index (χ0n) is 12.5. The molecule has 0 aliphatic heterocycles. The van der Waals surface area contributed by atoms with Gasteiger partial charge in [-0.2, -0.15) is 0 Å². The standard InChI is InChI=1S/C17H21NO2/c1-12-9-13(11-18-2)5-7-15(12)16-8-6-14(19-3)10-17(16)20-4/h5-10,18H,11H2,1-4H3. The van der Waals surface area contributed by atoms with E-state index in [1.807, 2.05) is 25.2 Å². The number of aryl methyl sites for hydroxylation is 1. The van der Waals surface area contributed by atoms with Gasteiger partial charge in [-0.15, -0.1) is 0 Å². The molecule has 0 saturated carbocycles. The Labute approximate surface area is 120 Å². The normalized spacial score (nSPS) is 10.4. The van der Waals surface area contributed by atoms with Crippen molar-refractivity contribution in [2.75, 3.05) is 21.3 Å². The molecule has 0 aromatic heterocycles. The Morgan fingerprint density at radius 2 is 1.70 bits per heavy atom. The fourth-order valence-corrected chi connectivity index (χ4v) is 2.36. The van der Waals surface area contributed by atoms with Crippen molar-refractivity contribution in [1.82, 2.24) is 5.32 Å². The van der Waals surface area contributed by atoms with Gasteiger partial charge in [0.1, 0.15) is 11.5 Å². The summed E-state index contributed by atoms with van der Waals surface area (Å²) >= 11 is 0. The molecule has 0 unspecified atom stereocenters. The third-order valence-electron chi connectivity index (χ3n) is 3.37. The Kier molecular flexibility index (Phi) is 4.64. The van der Waals surface area contributed by atoms with Gasteiger partial charge in [0.25, 0.3) is 0 Å². The minimum atomic E-state index is 0.801. The molecule has 0 bridgehead atoms. The zero-order valence-corrected chi connectivity index (χ0v) is 12.5. The van der Waals surface area contributed by atoms with Crippen LogP contribution in [0, 0.1) is 6.92 Å². The topological polar surface area (TPSA) is 30.5 Å². The van der Waals surface area contributed by atoms with Crippen molar-refractivity contribution in [3.05, 3.63) is 47.5 Å². The van der Waals surface area contributed by atoms with Gasteiger partial charge in [0.2, 0.25) is 0 Å². The van der Waals surface area contributed by atoms with Gasteiger partial charge < -0.3 is 14.8 Å². The number of hydrogen-bond acceptors (Lipinski definition) is 3. The van der Waals surface area contributed by atoms with Crippen LogP contribution in [0.5, 0.6) is 11.5 Å². The summed E-state index contributed by atoms with van der Waals surface area (Å²) in [5, 5.41) is 3.17. The molecule has 2 aromatic rings. The lowest BCUT2D eigenvalue weighted by Gasteiger charge is -2.13. The van der Waals surface area contributed by atoms with Gasteiger partial charge in [-0.1, -0.05) is 18.2 Å². The van der Waals surface area contributed by atoms with Gasteiger partial charge >= 0.3 is 0 Å². The van der Waals surface area contributed by atoms with Crippen molar-refractivity contribution >= 4 is 0 Å². The van der Waals surface area contributed by atoms with E-state index in [1.54, 1.807) is 14.2 Å². The van der Waals surface area contributed by atoms with E-state index < -0.39 is 0 Å². The number of rotatable bonds is 5. The summed E-state index contributed by atoms with van der Waals surface area (Å²) < 4.78 is 10.7. The monoisotopic (exact) mass is 271 g/mol. The lowest BCUT2D eigenvalue weighted by atomic mass is 9.97. The fraction of sp³-hybridized carbons (Fsp3) is 0.294. The van der Waals surface area contributed by atoms with E-state index in [0.717, 1.165) is 23.6 Å². The number of hydrogen-bond donors (Lipinski definition) is 1. The molecular weight excluding hydrogens is 250 g/mol. The van der Waals surface area contributed by atoms with Crippen LogP contribution in [0.1, 0.15) is 11.1 Å². The summed E-state index contributed by atoms with van der Waals surface area (Å²) in [5.41, 5.74) is 4.79. The van der Waals surface area contributed by atoms with Crippen LogP contribution in [0.4, 0.5) is 0 Å². The predicted molar refractivity (Wildman–Crippen MR) is 82.5 cm³/mol. The highest BCUT2D eigenvalue weighted by atomic mass is 16.5. The van der Waals surface area contributed by atoms with Crippen LogP contribution in [0.25, 0.3) is 11.1 Å². The van der Waals surface area contributed by atoms with E-state index >= 15 is 0 Å². The number of methoxy groups -OCH3 is 2. The van der Waals surface area contributed by atoms with Crippen LogP contribution >= 0.6 is 0 Å². The molecule has 0 amide bonds. The van der Waals surface area contributed by atoms with Crippen LogP contribution < -0.4 is 14.8 Å². The highest BCUT2D eigenvalue weighted by Crippen LogP contribution is 2.35. The number of benzene rings is 2.